The molecule has 0 unspecified atom stereocenters. The van der Waals surface area contributed by atoms with Gasteiger partial charge in [0.2, 0.25) is 0 Å². The lowest BCUT2D eigenvalue weighted by Gasteiger charge is -2.26. The molecule has 2 N–H and O–H groups in total. The summed E-state index contributed by atoms with van der Waals surface area (Å²) in [6.07, 6.45) is 3.32. The third-order valence-electron chi connectivity index (χ3n) is 4.04. The minimum absolute atomic E-state index is 0.0145. The third-order valence-corrected chi connectivity index (χ3v) is 5.42. The van der Waals surface area contributed by atoms with Crippen molar-refractivity contribution in [3.8, 4) is 5.69 Å². The SMILES string of the molecule is Cc1ccccc1-n1c(N)c(C(=O)N2CCCCC2)sc1=S. The lowest BCUT2D eigenvalue weighted by Crippen LogP contribution is -2.35. The second kappa shape index (κ2) is 6.22. The quantitative estimate of drug-likeness (QED) is 0.851. The topological polar surface area (TPSA) is 51.3 Å². The predicted octanol–water partition coefficient (Wildman–Crippen LogP) is 3.79. The molecule has 0 atom stereocenters. The maximum Gasteiger partial charge on any atom is 0.267 e. The van der Waals surface area contributed by atoms with Crippen molar-refractivity contribution < 1.29 is 4.79 Å². The first-order valence-electron chi connectivity index (χ1n) is 7.46. The monoisotopic (exact) mass is 333 g/mol. The van der Waals surface area contributed by atoms with E-state index in [2.05, 4.69) is 0 Å². The molecule has 1 saturated heterocycles. The smallest absolute Gasteiger partial charge is 0.267 e. The van der Waals surface area contributed by atoms with E-state index < -0.39 is 0 Å². The minimum Gasteiger partial charge on any atom is -0.383 e. The van der Waals surface area contributed by atoms with Crippen LogP contribution < -0.4 is 5.73 Å². The fraction of sp³-hybridized carbons (Fsp3) is 0.375. The van der Waals surface area contributed by atoms with Gasteiger partial charge in [0.1, 0.15) is 10.7 Å². The van der Waals surface area contributed by atoms with Gasteiger partial charge < -0.3 is 10.6 Å². The third kappa shape index (κ3) is 2.68. The van der Waals surface area contributed by atoms with E-state index >= 15 is 0 Å². The van der Waals surface area contributed by atoms with E-state index in [9.17, 15) is 4.79 Å². The van der Waals surface area contributed by atoms with E-state index in [0.717, 1.165) is 37.2 Å². The molecule has 0 aliphatic carbocycles. The number of likely N-dealkylation sites (tertiary alicyclic amines) is 1. The number of nitrogens with zero attached hydrogens (tertiary/aromatic N) is 2. The number of thiazole rings is 1. The second-order valence-electron chi connectivity index (χ2n) is 5.56. The zero-order chi connectivity index (χ0) is 15.7. The molecule has 0 radical (unpaired) electrons. The molecule has 1 aliphatic rings. The Bertz CT molecular complexity index is 757. The first-order valence-corrected chi connectivity index (χ1v) is 8.68. The lowest BCUT2D eigenvalue weighted by atomic mass is 10.1. The van der Waals surface area contributed by atoms with Crippen LogP contribution in [0.3, 0.4) is 0 Å². The van der Waals surface area contributed by atoms with E-state index in [-0.39, 0.29) is 5.91 Å². The van der Waals surface area contributed by atoms with Crippen molar-refractivity contribution in [3.05, 3.63) is 38.7 Å². The highest BCUT2D eigenvalue weighted by atomic mass is 32.1. The minimum atomic E-state index is 0.0145. The molecule has 3 rings (SSSR count). The first kappa shape index (κ1) is 15.2. The summed E-state index contributed by atoms with van der Waals surface area (Å²) in [5.74, 6) is 0.473. The van der Waals surface area contributed by atoms with E-state index in [1.807, 2.05) is 40.7 Å². The number of aryl methyl sites for hydroxylation is 1. The van der Waals surface area contributed by atoms with Crippen LogP contribution in [-0.4, -0.2) is 28.5 Å². The number of nitrogen functional groups attached to an aromatic ring is 1. The van der Waals surface area contributed by atoms with Gasteiger partial charge in [-0.05, 0) is 50.0 Å². The molecule has 1 amide bonds. The summed E-state index contributed by atoms with van der Waals surface area (Å²) in [6.45, 7) is 3.64. The molecule has 1 fully saturated rings. The molecular formula is C16H19N3OS2. The van der Waals surface area contributed by atoms with Crippen LogP contribution >= 0.6 is 23.6 Å². The van der Waals surface area contributed by atoms with Crippen molar-refractivity contribution in [1.29, 1.82) is 0 Å². The Morgan fingerprint density at radius 3 is 2.59 bits per heavy atom. The summed E-state index contributed by atoms with van der Waals surface area (Å²) in [5, 5.41) is 0. The second-order valence-corrected chi connectivity index (χ2v) is 7.20. The summed E-state index contributed by atoms with van der Waals surface area (Å²) < 4.78 is 2.43. The van der Waals surface area contributed by atoms with Crippen LogP contribution in [0.1, 0.15) is 34.5 Å². The first-order chi connectivity index (χ1) is 10.6. The van der Waals surface area contributed by atoms with Crippen molar-refractivity contribution in [3.63, 3.8) is 0 Å². The Morgan fingerprint density at radius 2 is 1.91 bits per heavy atom. The highest BCUT2D eigenvalue weighted by Crippen LogP contribution is 2.29. The van der Waals surface area contributed by atoms with Gasteiger partial charge in [0.25, 0.3) is 5.91 Å². The summed E-state index contributed by atoms with van der Waals surface area (Å²) in [6, 6.07) is 7.92. The molecule has 6 heteroatoms. The number of piperidine rings is 1. The molecule has 0 saturated carbocycles. The van der Waals surface area contributed by atoms with Gasteiger partial charge in [-0.1, -0.05) is 29.5 Å². The van der Waals surface area contributed by atoms with Crippen LogP contribution in [0.2, 0.25) is 0 Å². The lowest BCUT2D eigenvalue weighted by molar-refractivity contribution is 0.0730. The molecule has 0 bridgehead atoms. The van der Waals surface area contributed by atoms with Crippen LogP contribution in [0.15, 0.2) is 24.3 Å². The van der Waals surface area contributed by atoms with Gasteiger partial charge in [-0.15, -0.1) is 0 Å². The summed E-state index contributed by atoms with van der Waals surface area (Å²) in [5.41, 5.74) is 8.30. The van der Waals surface area contributed by atoms with Crippen LogP contribution in [0, 0.1) is 10.9 Å². The number of benzene rings is 1. The largest absolute Gasteiger partial charge is 0.383 e. The molecule has 2 aromatic rings. The molecule has 1 aromatic carbocycles. The fourth-order valence-corrected chi connectivity index (χ4v) is 4.14. The summed E-state index contributed by atoms with van der Waals surface area (Å²) in [4.78, 5) is 15.2. The number of para-hydroxylation sites is 1. The Balaban J connectivity index is 2.02. The Hall–Kier alpha value is -1.66. The average molecular weight is 333 g/mol. The number of carbonyl (C=O) groups excluding carboxylic acids is 1. The zero-order valence-electron chi connectivity index (χ0n) is 12.5. The van der Waals surface area contributed by atoms with Crippen molar-refractivity contribution in [2.45, 2.75) is 26.2 Å². The Kier molecular flexibility index (Phi) is 4.31. The molecule has 22 heavy (non-hydrogen) atoms. The maximum atomic E-state index is 12.7. The van der Waals surface area contributed by atoms with Gasteiger partial charge >= 0.3 is 0 Å². The molecular weight excluding hydrogens is 314 g/mol. The standard InChI is InChI=1S/C16H19N3OS2/c1-11-7-3-4-8-12(11)19-14(17)13(22-16(19)21)15(20)18-9-5-2-6-10-18/h3-4,7-8H,2,5-6,9-10,17H2,1H3. The summed E-state index contributed by atoms with van der Waals surface area (Å²) >= 11 is 6.76. The highest BCUT2D eigenvalue weighted by Gasteiger charge is 2.24. The van der Waals surface area contributed by atoms with Gasteiger partial charge in [0.05, 0.1) is 5.69 Å². The summed E-state index contributed by atoms with van der Waals surface area (Å²) in [7, 11) is 0. The molecule has 4 nitrogen and oxygen atoms in total. The van der Waals surface area contributed by atoms with Gasteiger partial charge in [0, 0.05) is 13.1 Å². The van der Waals surface area contributed by atoms with Crippen LogP contribution in [-0.2, 0) is 0 Å². The van der Waals surface area contributed by atoms with E-state index in [1.54, 1.807) is 0 Å². The van der Waals surface area contributed by atoms with Gasteiger partial charge in [0.15, 0.2) is 3.95 Å². The van der Waals surface area contributed by atoms with E-state index in [4.69, 9.17) is 18.0 Å². The number of anilines is 1. The van der Waals surface area contributed by atoms with Crippen molar-refractivity contribution in [2.75, 3.05) is 18.8 Å². The number of aromatic nitrogens is 1. The van der Waals surface area contributed by atoms with Crippen LogP contribution in [0.4, 0.5) is 5.82 Å². The fourth-order valence-electron chi connectivity index (χ4n) is 2.82. The van der Waals surface area contributed by atoms with E-state index in [1.165, 1.54) is 17.8 Å². The van der Waals surface area contributed by atoms with Crippen LogP contribution in [0.5, 0.6) is 0 Å². The number of nitrogens with two attached hydrogens (primary N) is 1. The Labute approximate surface area is 139 Å². The van der Waals surface area contributed by atoms with Gasteiger partial charge in [-0.2, -0.15) is 0 Å². The number of hydrogen-bond donors (Lipinski definition) is 1. The van der Waals surface area contributed by atoms with Crippen molar-refractivity contribution >= 4 is 35.3 Å². The number of amides is 1. The molecule has 1 aromatic heterocycles. The number of rotatable bonds is 2. The van der Waals surface area contributed by atoms with Gasteiger partial charge in [-0.3, -0.25) is 9.36 Å². The normalized spacial score (nSPS) is 15.0. The number of hydrogen-bond acceptors (Lipinski definition) is 4. The highest BCUT2D eigenvalue weighted by molar-refractivity contribution is 7.73. The predicted molar refractivity (Wildman–Crippen MR) is 93.4 cm³/mol. The molecule has 2 heterocycles. The number of carbonyl (C=O) groups is 1. The van der Waals surface area contributed by atoms with E-state index in [0.29, 0.717) is 14.6 Å². The van der Waals surface area contributed by atoms with Crippen LogP contribution in [0.25, 0.3) is 5.69 Å². The molecule has 116 valence electrons. The average Bonchev–Trinajstić information content (AvgIpc) is 2.83. The molecule has 0 spiro atoms. The van der Waals surface area contributed by atoms with Crippen molar-refractivity contribution in [2.24, 2.45) is 0 Å². The van der Waals surface area contributed by atoms with Gasteiger partial charge in [-0.25, -0.2) is 0 Å². The zero-order valence-corrected chi connectivity index (χ0v) is 14.2. The van der Waals surface area contributed by atoms with Crippen molar-refractivity contribution in [1.82, 2.24) is 9.47 Å². The molecule has 1 aliphatic heterocycles. The maximum absolute atomic E-state index is 12.7. The Morgan fingerprint density at radius 1 is 1.23 bits per heavy atom.